The zero-order valence-electron chi connectivity index (χ0n) is 8.71. The molecule has 1 heterocycles. The molecule has 0 aromatic rings. The molecule has 1 rings (SSSR count). The van der Waals surface area contributed by atoms with Crippen LogP contribution in [0.15, 0.2) is 0 Å². The molecule has 1 amide bonds. The van der Waals surface area contributed by atoms with Crippen molar-refractivity contribution in [1.82, 2.24) is 4.90 Å². The monoisotopic (exact) mass is 217 g/mol. The van der Waals surface area contributed by atoms with Crippen LogP contribution in [-0.2, 0) is 9.53 Å². The van der Waals surface area contributed by atoms with Gasteiger partial charge in [-0.2, -0.15) is 0 Å². The number of carboxylic acid groups (broad SMARTS) is 1. The third-order valence-corrected chi connectivity index (χ3v) is 2.55. The largest absolute Gasteiger partial charge is 0.465 e. The van der Waals surface area contributed by atoms with E-state index in [2.05, 4.69) is 0 Å². The molecule has 0 saturated carbocycles. The van der Waals surface area contributed by atoms with Gasteiger partial charge in [0.15, 0.2) is 6.23 Å². The molecule has 0 aromatic heterocycles. The van der Waals surface area contributed by atoms with Crippen molar-refractivity contribution in [3.05, 3.63) is 0 Å². The van der Waals surface area contributed by atoms with Gasteiger partial charge in [0.25, 0.3) is 0 Å². The maximum Gasteiger partial charge on any atom is 0.409 e. The van der Waals surface area contributed by atoms with Crippen LogP contribution in [0.25, 0.3) is 0 Å². The van der Waals surface area contributed by atoms with Crippen LogP contribution >= 0.6 is 0 Å². The number of aliphatic hydroxyl groups is 1. The number of piperidine rings is 1. The smallest absolute Gasteiger partial charge is 0.409 e. The van der Waals surface area contributed by atoms with Crippen LogP contribution < -0.4 is 0 Å². The van der Waals surface area contributed by atoms with Crippen LogP contribution in [0.4, 0.5) is 4.79 Å². The number of aliphatic hydroxyl groups excluding tert-OH is 1. The van der Waals surface area contributed by atoms with Crippen LogP contribution in [0.1, 0.15) is 20.3 Å². The van der Waals surface area contributed by atoms with E-state index in [1.54, 1.807) is 0 Å². The quantitative estimate of drug-likeness (QED) is 0.615. The topological polar surface area (TPSA) is 87.1 Å². The lowest BCUT2D eigenvalue weighted by atomic mass is 9.94. The third kappa shape index (κ3) is 2.59. The molecule has 1 saturated heterocycles. The zero-order valence-corrected chi connectivity index (χ0v) is 8.71. The maximum atomic E-state index is 10.8. The fourth-order valence-corrected chi connectivity index (χ4v) is 1.69. The standard InChI is InChI=1S/C9H15NO5/c1-5-3-4-10(9(13)14)8(12)7(5)15-6(2)11/h5,7-8,12H,3-4H2,1-2H3,(H,13,14). The van der Waals surface area contributed by atoms with Crippen molar-refractivity contribution in [2.75, 3.05) is 6.54 Å². The van der Waals surface area contributed by atoms with Gasteiger partial charge in [-0.15, -0.1) is 0 Å². The van der Waals surface area contributed by atoms with E-state index < -0.39 is 24.4 Å². The number of amides is 1. The van der Waals surface area contributed by atoms with Crippen molar-refractivity contribution in [2.24, 2.45) is 5.92 Å². The van der Waals surface area contributed by atoms with Crippen molar-refractivity contribution in [3.8, 4) is 0 Å². The molecule has 6 nitrogen and oxygen atoms in total. The molecule has 3 unspecified atom stereocenters. The lowest BCUT2D eigenvalue weighted by Gasteiger charge is -2.39. The summed E-state index contributed by atoms with van der Waals surface area (Å²) in [6.07, 6.45) is -2.67. The number of hydrogen-bond acceptors (Lipinski definition) is 4. The molecule has 1 aliphatic heterocycles. The minimum atomic E-state index is -1.27. The molecule has 0 bridgehead atoms. The van der Waals surface area contributed by atoms with E-state index in [4.69, 9.17) is 9.84 Å². The number of carbonyl (C=O) groups excluding carboxylic acids is 1. The second-order valence-corrected chi connectivity index (χ2v) is 3.73. The number of ether oxygens (including phenoxy) is 1. The molecular weight excluding hydrogens is 202 g/mol. The predicted molar refractivity (Wildman–Crippen MR) is 50.1 cm³/mol. The van der Waals surface area contributed by atoms with Gasteiger partial charge >= 0.3 is 12.1 Å². The Morgan fingerprint density at radius 3 is 2.53 bits per heavy atom. The van der Waals surface area contributed by atoms with E-state index in [0.717, 1.165) is 4.90 Å². The van der Waals surface area contributed by atoms with E-state index in [1.807, 2.05) is 6.92 Å². The summed E-state index contributed by atoms with van der Waals surface area (Å²) in [4.78, 5) is 22.4. The highest BCUT2D eigenvalue weighted by molar-refractivity contribution is 5.67. The fraction of sp³-hybridized carbons (Fsp3) is 0.778. The number of esters is 1. The Morgan fingerprint density at radius 1 is 1.47 bits per heavy atom. The molecule has 86 valence electrons. The molecular formula is C9H15NO5. The second-order valence-electron chi connectivity index (χ2n) is 3.73. The summed E-state index contributed by atoms with van der Waals surface area (Å²) in [5.41, 5.74) is 0. The van der Waals surface area contributed by atoms with Crippen LogP contribution in [0.2, 0.25) is 0 Å². The van der Waals surface area contributed by atoms with Crippen LogP contribution in [0.3, 0.4) is 0 Å². The van der Waals surface area contributed by atoms with E-state index >= 15 is 0 Å². The summed E-state index contributed by atoms with van der Waals surface area (Å²) in [7, 11) is 0. The number of rotatable bonds is 1. The summed E-state index contributed by atoms with van der Waals surface area (Å²) in [5, 5.41) is 18.5. The van der Waals surface area contributed by atoms with E-state index in [9.17, 15) is 14.7 Å². The molecule has 1 fully saturated rings. The first-order valence-corrected chi connectivity index (χ1v) is 4.78. The maximum absolute atomic E-state index is 10.8. The molecule has 0 spiro atoms. The highest BCUT2D eigenvalue weighted by Gasteiger charge is 2.39. The first-order chi connectivity index (χ1) is 6.93. The molecule has 6 heteroatoms. The van der Waals surface area contributed by atoms with Crippen LogP contribution in [0, 0.1) is 5.92 Å². The Hall–Kier alpha value is -1.30. The molecule has 0 aromatic carbocycles. The molecule has 1 aliphatic rings. The number of likely N-dealkylation sites (tertiary alicyclic amines) is 1. The number of hydrogen-bond donors (Lipinski definition) is 2. The zero-order chi connectivity index (χ0) is 11.6. The first-order valence-electron chi connectivity index (χ1n) is 4.78. The van der Waals surface area contributed by atoms with Crippen molar-refractivity contribution in [3.63, 3.8) is 0 Å². The minimum absolute atomic E-state index is 0.0421. The molecule has 0 aliphatic carbocycles. The second kappa shape index (κ2) is 4.48. The van der Waals surface area contributed by atoms with Crippen molar-refractivity contribution >= 4 is 12.1 Å². The Morgan fingerprint density at radius 2 is 2.07 bits per heavy atom. The molecule has 0 radical (unpaired) electrons. The van der Waals surface area contributed by atoms with Crippen molar-refractivity contribution in [1.29, 1.82) is 0 Å². The van der Waals surface area contributed by atoms with Gasteiger partial charge in [-0.1, -0.05) is 6.92 Å². The Labute approximate surface area is 87.4 Å². The van der Waals surface area contributed by atoms with Gasteiger partial charge in [0.05, 0.1) is 0 Å². The lowest BCUT2D eigenvalue weighted by molar-refractivity contribution is -0.173. The summed E-state index contributed by atoms with van der Waals surface area (Å²) >= 11 is 0. The van der Waals surface area contributed by atoms with Gasteiger partial charge in [-0.05, 0) is 12.3 Å². The predicted octanol–water partition coefficient (Wildman–Crippen LogP) is 0.256. The summed E-state index contributed by atoms with van der Waals surface area (Å²) in [6.45, 7) is 3.31. The molecule has 15 heavy (non-hydrogen) atoms. The summed E-state index contributed by atoms with van der Waals surface area (Å²) in [6, 6.07) is 0. The lowest BCUT2D eigenvalue weighted by Crippen LogP contribution is -2.55. The highest BCUT2D eigenvalue weighted by atomic mass is 16.6. The van der Waals surface area contributed by atoms with Crippen LogP contribution in [0.5, 0.6) is 0 Å². The third-order valence-electron chi connectivity index (χ3n) is 2.55. The minimum Gasteiger partial charge on any atom is -0.465 e. The van der Waals surface area contributed by atoms with Crippen molar-refractivity contribution in [2.45, 2.75) is 32.6 Å². The SMILES string of the molecule is CC(=O)OC1C(C)CCN(C(=O)O)C1O. The normalized spacial score (nSPS) is 31.1. The van der Waals surface area contributed by atoms with Gasteiger partial charge in [0, 0.05) is 13.5 Å². The Balaban J connectivity index is 2.73. The van der Waals surface area contributed by atoms with Gasteiger partial charge in [0.2, 0.25) is 0 Å². The number of nitrogens with zero attached hydrogens (tertiary/aromatic N) is 1. The summed E-state index contributed by atoms with van der Waals surface area (Å²) in [5.74, 6) is -0.558. The average molecular weight is 217 g/mol. The summed E-state index contributed by atoms with van der Waals surface area (Å²) < 4.78 is 4.90. The fourth-order valence-electron chi connectivity index (χ4n) is 1.69. The first kappa shape index (κ1) is 11.8. The average Bonchev–Trinajstić information content (AvgIpc) is 2.11. The molecule has 2 N–H and O–H groups in total. The van der Waals surface area contributed by atoms with Gasteiger partial charge < -0.3 is 14.9 Å². The van der Waals surface area contributed by atoms with E-state index in [-0.39, 0.29) is 12.5 Å². The molecule has 3 atom stereocenters. The van der Waals surface area contributed by atoms with Crippen LogP contribution in [-0.4, -0.2) is 46.1 Å². The van der Waals surface area contributed by atoms with E-state index in [1.165, 1.54) is 6.92 Å². The Bertz CT molecular complexity index is 267. The van der Waals surface area contributed by atoms with E-state index in [0.29, 0.717) is 6.42 Å². The highest BCUT2D eigenvalue weighted by Crippen LogP contribution is 2.24. The van der Waals surface area contributed by atoms with Gasteiger partial charge in [-0.3, -0.25) is 9.69 Å². The van der Waals surface area contributed by atoms with Crippen molar-refractivity contribution < 1.29 is 24.5 Å². The van der Waals surface area contributed by atoms with Gasteiger partial charge in [0.1, 0.15) is 6.10 Å². The Kier molecular flexibility index (Phi) is 3.52. The van der Waals surface area contributed by atoms with Gasteiger partial charge in [-0.25, -0.2) is 4.79 Å². The number of carbonyl (C=O) groups is 2.